The van der Waals surface area contributed by atoms with Crippen LogP contribution in [0.2, 0.25) is 0 Å². The van der Waals surface area contributed by atoms with Crippen LogP contribution in [-0.2, 0) is 14.6 Å². The van der Waals surface area contributed by atoms with Crippen LogP contribution in [0.15, 0.2) is 30.3 Å². The van der Waals surface area contributed by atoms with Crippen molar-refractivity contribution in [3.05, 3.63) is 30.3 Å². The fourth-order valence-electron chi connectivity index (χ4n) is 5.83. The SMILES string of the molecule is CS(=O)(=O)C12CC3CC(CC(C3)C1(Oc1ccccc1)C(N)=O)C2. The van der Waals surface area contributed by atoms with Crippen molar-refractivity contribution in [2.45, 2.75) is 42.5 Å². The lowest BCUT2D eigenvalue weighted by atomic mass is 9.49. The number of hydrogen-bond donors (Lipinski definition) is 1. The van der Waals surface area contributed by atoms with Gasteiger partial charge in [-0.3, -0.25) is 4.79 Å². The zero-order chi connectivity index (χ0) is 17.2. The maximum atomic E-state index is 12.9. The Balaban J connectivity index is 1.91. The van der Waals surface area contributed by atoms with Gasteiger partial charge >= 0.3 is 0 Å². The van der Waals surface area contributed by atoms with Gasteiger partial charge in [0.1, 0.15) is 10.5 Å². The Morgan fingerprint density at radius 2 is 1.71 bits per heavy atom. The van der Waals surface area contributed by atoms with E-state index in [2.05, 4.69) is 0 Å². The van der Waals surface area contributed by atoms with Gasteiger partial charge in [-0.05, 0) is 56.1 Å². The number of sulfone groups is 1. The van der Waals surface area contributed by atoms with Crippen LogP contribution in [-0.4, -0.2) is 30.9 Å². The Kier molecular flexibility index (Phi) is 3.30. The van der Waals surface area contributed by atoms with E-state index in [1.165, 1.54) is 6.26 Å². The first-order valence-electron chi connectivity index (χ1n) is 8.52. The van der Waals surface area contributed by atoms with Gasteiger partial charge in [0.05, 0.1) is 0 Å². The van der Waals surface area contributed by atoms with Crippen molar-refractivity contribution < 1.29 is 17.9 Å². The lowest BCUT2D eigenvalue weighted by molar-refractivity contribution is -0.168. The Labute approximate surface area is 142 Å². The molecule has 4 fully saturated rings. The summed E-state index contributed by atoms with van der Waals surface area (Å²) in [4.78, 5) is 12.7. The first-order chi connectivity index (χ1) is 11.3. The number of ether oxygens (including phenoxy) is 1. The predicted octanol–water partition coefficient (Wildman–Crippen LogP) is 1.91. The van der Waals surface area contributed by atoms with E-state index in [4.69, 9.17) is 10.5 Å². The average molecular weight is 349 g/mol. The van der Waals surface area contributed by atoms with E-state index < -0.39 is 26.1 Å². The third-order valence-corrected chi connectivity index (χ3v) is 8.54. The van der Waals surface area contributed by atoms with Crippen molar-refractivity contribution >= 4 is 15.7 Å². The normalized spacial score (nSPS) is 40.5. The number of para-hydroxylation sites is 1. The molecule has 0 saturated heterocycles. The molecule has 24 heavy (non-hydrogen) atoms. The van der Waals surface area contributed by atoms with Crippen molar-refractivity contribution in [3.63, 3.8) is 0 Å². The predicted molar refractivity (Wildman–Crippen MR) is 90.1 cm³/mol. The molecule has 4 saturated carbocycles. The number of amides is 1. The smallest absolute Gasteiger partial charge is 0.263 e. The van der Waals surface area contributed by atoms with E-state index in [0.29, 0.717) is 30.4 Å². The molecule has 4 bridgehead atoms. The molecule has 6 heteroatoms. The fourth-order valence-corrected chi connectivity index (χ4v) is 7.76. The lowest BCUT2D eigenvalue weighted by Gasteiger charge is -2.63. The van der Waals surface area contributed by atoms with Gasteiger partial charge in [0.25, 0.3) is 5.91 Å². The Morgan fingerprint density at radius 3 is 2.21 bits per heavy atom. The number of nitrogens with two attached hydrogens (primary N) is 1. The summed E-state index contributed by atoms with van der Waals surface area (Å²) in [5.41, 5.74) is 4.39. The fraction of sp³-hybridized carbons (Fsp3) is 0.611. The number of carbonyl (C=O) groups is 1. The number of hydrogen-bond acceptors (Lipinski definition) is 4. The van der Waals surface area contributed by atoms with Crippen molar-refractivity contribution in [1.29, 1.82) is 0 Å². The highest BCUT2D eigenvalue weighted by molar-refractivity contribution is 7.92. The standard InChI is InChI=1S/C18H23NO4S/c1-24(21,22)17-10-12-7-13(11-17)9-14(8-12)18(17,16(19)20)23-15-5-3-2-4-6-15/h2-6,12-14H,7-11H2,1H3,(H2,19,20). The van der Waals surface area contributed by atoms with Crippen molar-refractivity contribution in [3.8, 4) is 5.75 Å². The molecule has 0 aromatic heterocycles. The summed E-state index contributed by atoms with van der Waals surface area (Å²) in [6.45, 7) is 0. The molecule has 1 aromatic carbocycles. The van der Waals surface area contributed by atoms with Crippen LogP contribution >= 0.6 is 0 Å². The summed E-state index contributed by atoms with van der Waals surface area (Å²) < 4.78 is 30.8. The first kappa shape index (κ1) is 15.9. The molecule has 4 aliphatic carbocycles. The van der Waals surface area contributed by atoms with Crippen LogP contribution in [0, 0.1) is 17.8 Å². The molecule has 4 aliphatic rings. The summed E-state index contributed by atoms with van der Waals surface area (Å²) >= 11 is 0. The van der Waals surface area contributed by atoms with E-state index in [1.54, 1.807) is 12.1 Å². The highest BCUT2D eigenvalue weighted by Crippen LogP contribution is 2.64. The zero-order valence-corrected chi connectivity index (χ0v) is 14.6. The molecule has 3 unspecified atom stereocenters. The monoisotopic (exact) mass is 349 g/mol. The first-order valence-corrected chi connectivity index (χ1v) is 10.4. The van der Waals surface area contributed by atoms with Gasteiger partial charge in [0.15, 0.2) is 9.84 Å². The number of rotatable bonds is 4. The van der Waals surface area contributed by atoms with Crippen molar-refractivity contribution in [2.24, 2.45) is 23.5 Å². The van der Waals surface area contributed by atoms with Gasteiger partial charge in [-0.15, -0.1) is 0 Å². The summed E-state index contributed by atoms with van der Waals surface area (Å²) in [5, 5.41) is 0. The minimum Gasteiger partial charge on any atom is -0.475 e. The molecule has 5 rings (SSSR count). The van der Waals surface area contributed by atoms with Crippen LogP contribution < -0.4 is 10.5 Å². The third-order valence-electron chi connectivity index (χ3n) is 6.49. The average Bonchev–Trinajstić information content (AvgIpc) is 2.50. The van der Waals surface area contributed by atoms with E-state index in [9.17, 15) is 13.2 Å². The van der Waals surface area contributed by atoms with Crippen molar-refractivity contribution in [1.82, 2.24) is 0 Å². The molecule has 1 aromatic rings. The van der Waals surface area contributed by atoms with Crippen LogP contribution in [0.4, 0.5) is 0 Å². The largest absolute Gasteiger partial charge is 0.475 e. The summed E-state index contributed by atoms with van der Waals surface area (Å²) in [6.07, 6.45) is 4.91. The van der Waals surface area contributed by atoms with Gasteiger partial charge in [-0.2, -0.15) is 0 Å². The molecular weight excluding hydrogens is 326 g/mol. The minimum atomic E-state index is -3.52. The summed E-state index contributed by atoms with van der Waals surface area (Å²) in [5.74, 6) is 0.441. The highest BCUT2D eigenvalue weighted by Gasteiger charge is 2.74. The van der Waals surface area contributed by atoms with Gasteiger partial charge < -0.3 is 10.5 Å². The second-order valence-electron chi connectivity index (χ2n) is 7.83. The summed E-state index contributed by atoms with van der Waals surface area (Å²) in [6, 6.07) is 8.99. The molecule has 1 amide bonds. The molecule has 0 heterocycles. The Hall–Kier alpha value is -1.56. The second-order valence-corrected chi connectivity index (χ2v) is 10.2. The van der Waals surface area contributed by atoms with Crippen LogP contribution in [0.5, 0.6) is 5.75 Å². The van der Waals surface area contributed by atoms with E-state index in [-0.39, 0.29) is 5.92 Å². The Bertz CT molecular complexity index is 761. The molecule has 0 radical (unpaired) electrons. The number of benzene rings is 1. The maximum Gasteiger partial charge on any atom is 0.263 e. The van der Waals surface area contributed by atoms with Crippen molar-refractivity contribution in [2.75, 3.05) is 6.26 Å². The minimum absolute atomic E-state index is 0.129. The molecule has 3 atom stereocenters. The Morgan fingerprint density at radius 1 is 1.12 bits per heavy atom. The van der Waals surface area contributed by atoms with Crippen LogP contribution in [0.25, 0.3) is 0 Å². The van der Waals surface area contributed by atoms with Gasteiger partial charge in [-0.25, -0.2) is 8.42 Å². The van der Waals surface area contributed by atoms with Gasteiger partial charge in [0.2, 0.25) is 5.60 Å². The molecule has 2 N–H and O–H groups in total. The molecule has 0 aliphatic heterocycles. The molecule has 5 nitrogen and oxygen atoms in total. The third kappa shape index (κ3) is 1.92. The van der Waals surface area contributed by atoms with Crippen LogP contribution in [0.3, 0.4) is 0 Å². The molecule has 130 valence electrons. The topological polar surface area (TPSA) is 86.5 Å². The van der Waals surface area contributed by atoms with E-state index in [0.717, 1.165) is 19.3 Å². The lowest BCUT2D eigenvalue weighted by Crippen LogP contribution is -2.78. The second kappa shape index (κ2) is 4.97. The van der Waals surface area contributed by atoms with E-state index in [1.807, 2.05) is 18.2 Å². The van der Waals surface area contributed by atoms with Gasteiger partial charge in [-0.1, -0.05) is 18.2 Å². The number of primary amides is 1. The highest BCUT2D eigenvalue weighted by atomic mass is 32.2. The number of carbonyl (C=O) groups excluding carboxylic acids is 1. The molecular formula is C18H23NO4S. The summed E-state index contributed by atoms with van der Waals surface area (Å²) in [7, 11) is -3.52. The maximum absolute atomic E-state index is 12.9. The quantitative estimate of drug-likeness (QED) is 0.899. The zero-order valence-electron chi connectivity index (χ0n) is 13.8. The van der Waals surface area contributed by atoms with Crippen LogP contribution in [0.1, 0.15) is 32.1 Å². The molecule has 0 spiro atoms. The van der Waals surface area contributed by atoms with E-state index >= 15 is 0 Å². The van der Waals surface area contributed by atoms with Gasteiger partial charge in [0, 0.05) is 12.2 Å².